The Morgan fingerprint density at radius 2 is 1.83 bits per heavy atom. The number of aliphatic hydroxyl groups is 1. The molecule has 1 aromatic carbocycles. The zero-order valence-corrected chi connectivity index (χ0v) is 8.68. The summed E-state index contributed by atoms with van der Waals surface area (Å²) < 4.78 is 0. The minimum Gasteiger partial charge on any atom is -1.00 e. The van der Waals surface area contributed by atoms with Crippen LogP contribution in [-0.2, 0) is 4.79 Å². The van der Waals surface area contributed by atoms with Gasteiger partial charge in [-0.15, -0.1) is 0 Å². The van der Waals surface area contributed by atoms with Crippen LogP contribution < -0.4 is 0 Å². The summed E-state index contributed by atoms with van der Waals surface area (Å²) in [5, 5.41) is 17.4. The summed E-state index contributed by atoms with van der Waals surface area (Å²) in [7, 11) is 0. The van der Waals surface area contributed by atoms with Crippen molar-refractivity contribution in [2.45, 2.75) is 6.10 Å². The monoisotopic (exact) mass is 194 g/mol. The average Bonchev–Trinajstić information content (AvgIpc) is 2.05. The van der Waals surface area contributed by atoms with Crippen LogP contribution in [0.2, 0.25) is 0 Å². The van der Waals surface area contributed by atoms with Crippen molar-refractivity contribution in [2.75, 3.05) is 0 Å². The van der Waals surface area contributed by atoms with Crippen molar-refractivity contribution in [3.63, 3.8) is 0 Å². The van der Waals surface area contributed by atoms with Crippen molar-refractivity contribution in [2.24, 2.45) is 0 Å². The minimum atomic E-state index is -1.41. The number of carboxylic acid groups (broad SMARTS) is 1. The molecule has 0 aliphatic carbocycles. The third-order valence-electron chi connectivity index (χ3n) is 1.35. The first-order valence-corrected chi connectivity index (χ1v) is 3.17. The molecule has 0 bridgehead atoms. The minimum absolute atomic E-state index is 0. The van der Waals surface area contributed by atoms with E-state index in [1.807, 2.05) is 0 Å². The van der Waals surface area contributed by atoms with Gasteiger partial charge in [0.05, 0.1) is 0 Å². The maximum Gasteiger partial charge on any atom is 2.00 e. The van der Waals surface area contributed by atoms with Gasteiger partial charge >= 0.3 is 43.7 Å². The van der Waals surface area contributed by atoms with E-state index in [1.54, 1.807) is 30.3 Å². The Morgan fingerprint density at radius 1 is 1.33 bits per heavy atom. The molecule has 62 valence electrons. The number of hydrogen-bond acceptors (Lipinski definition) is 2. The molecule has 0 fully saturated rings. The van der Waals surface area contributed by atoms with Gasteiger partial charge in [0.25, 0.3) is 0 Å². The normalized spacial score (nSPS) is 11.4. The van der Waals surface area contributed by atoms with Crippen molar-refractivity contribution in [1.82, 2.24) is 0 Å². The van der Waals surface area contributed by atoms with E-state index in [0.717, 1.165) is 0 Å². The van der Waals surface area contributed by atoms with Crippen LogP contribution in [0.1, 0.15) is 14.5 Å². The average molecular weight is 194 g/mol. The standard InChI is InChI=1S/C8H8O3.Ca.2H/c9-7(8(10)11)6-4-2-1-3-5-6;;;/h1-5,7,9H,(H,10,11);;;/q;+2;2*-1/t7-;;;/m1.../s1. The predicted octanol–water partition coefficient (Wildman–Crippen LogP) is 0.649. The van der Waals surface area contributed by atoms with Crippen molar-refractivity contribution < 1.29 is 17.9 Å². The van der Waals surface area contributed by atoms with Gasteiger partial charge in [0.1, 0.15) is 0 Å². The number of carbonyl (C=O) groups is 1. The van der Waals surface area contributed by atoms with Crippen LogP contribution in [0.4, 0.5) is 0 Å². The van der Waals surface area contributed by atoms with Crippen LogP contribution >= 0.6 is 0 Å². The number of benzene rings is 1. The first-order chi connectivity index (χ1) is 5.22. The van der Waals surface area contributed by atoms with Gasteiger partial charge in [0, 0.05) is 0 Å². The topological polar surface area (TPSA) is 57.5 Å². The van der Waals surface area contributed by atoms with Gasteiger partial charge in [-0.1, -0.05) is 30.3 Å². The second kappa shape index (κ2) is 5.54. The molecule has 0 radical (unpaired) electrons. The summed E-state index contributed by atoms with van der Waals surface area (Å²) in [6.07, 6.45) is -1.41. The fourth-order valence-electron chi connectivity index (χ4n) is 0.778. The zero-order chi connectivity index (χ0) is 8.27. The molecule has 12 heavy (non-hydrogen) atoms. The number of aliphatic carboxylic acids is 1. The largest absolute Gasteiger partial charge is 2.00 e. The number of aliphatic hydroxyl groups excluding tert-OH is 1. The van der Waals surface area contributed by atoms with Crippen LogP contribution in [0, 0.1) is 0 Å². The number of carboxylic acids is 1. The van der Waals surface area contributed by atoms with Crippen molar-refractivity contribution in [3.05, 3.63) is 35.9 Å². The molecule has 0 unspecified atom stereocenters. The molecule has 4 heteroatoms. The van der Waals surface area contributed by atoms with E-state index in [0.29, 0.717) is 5.56 Å². The van der Waals surface area contributed by atoms with E-state index in [4.69, 9.17) is 10.2 Å². The Hall–Kier alpha value is -0.0903. The first kappa shape index (κ1) is 11.9. The SMILES string of the molecule is O=C(O)[C@H](O)c1ccccc1.[Ca+2].[H-].[H-]. The first-order valence-electron chi connectivity index (χ1n) is 3.17. The molecule has 1 rings (SSSR count). The van der Waals surface area contributed by atoms with E-state index in [2.05, 4.69) is 0 Å². The van der Waals surface area contributed by atoms with Gasteiger partial charge in [0.2, 0.25) is 0 Å². The molecule has 1 aromatic rings. The third kappa shape index (κ3) is 3.11. The second-order valence-electron chi connectivity index (χ2n) is 2.15. The predicted molar refractivity (Wildman–Crippen MR) is 47.0 cm³/mol. The second-order valence-corrected chi connectivity index (χ2v) is 2.15. The van der Waals surface area contributed by atoms with Crippen LogP contribution in [0.15, 0.2) is 30.3 Å². The molecule has 0 heterocycles. The molecule has 2 N–H and O–H groups in total. The molecule has 0 aliphatic rings. The fourth-order valence-corrected chi connectivity index (χ4v) is 0.778. The smallest absolute Gasteiger partial charge is 1.00 e. The maximum absolute atomic E-state index is 10.2. The van der Waals surface area contributed by atoms with Gasteiger partial charge in [-0.05, 0) is 5.56 Å². The van der Waals surface area contributed by atoms with Gasteiger partial charge in [-0.25, -0.2) is 4.79 Å². The Labute approximate surface area is 103 Å². The van der Waals surface area contributed by atoms with E-state index in [1.165, 1.54) is 0 Å². The van der Waals surface area contributed by atoms with Crippen LogP contribution in [-0.4, -0.2) is 53.9 Å². The van der Waals surface area contributed by atoms with E-state index in [-0.39, 0.29) is 40.6 Å². The zero-order valence-electron chi connectivity index (χ0n) is 8.47. The molecule has 3 nitrogen and oxygen atoms in total. The molecule has 0 saturated heterocycles. The van der Waals surface area contributed by atoms with Crippen LogP contribution in [0.25, 0.3) is 0 Å². The van der Waals surface area contributed by atoms with Crippen molar-refractivity contribution in [1.29, 1.82) is 0 Å². The third-order valence-corrected chi connectivity index (χ3v) is 1.35. The molecule has 0 aliphatic heterocycles. The van der Waals surface area contributed by atoms with E-state index in [9.17, 15) is 4.79 Å². The summed E-state index contributed by atoms with van der Waals surface area (Å²) in [6.45, 7) is 0. The maximum atomic E-state index is 10.2. The summed E-state index contributed by atoms with van der Waals surface area (Å²) in [5.41, 5.74) is 0.403. The summed E-state index contributed by atoms with van der Waals surface area (Å²) >= 11 is 0. The Morgan fingerprint density at radius 3 is 2.25 bits per heavy atom. The van der Waals surface area contributed by atoms with E-state index >= 15 is 0 Å². The molecular formula is C8H10CaO3. The van der Waals surface area contributed by atoms with Crippen LogP contribution in [0.3, 0.4) is 0 Å². The quantitative estimate of drug-likeness (QED) is 0.679. The van der Waals surface area contributed by atoms with E-state index < -0.39 is 12.1 Å². The number of rotatable bonds is 2. The molecule has 0 aromatic heterocycles. The molecule has 0 spiro atoms. The van der Waals surface area contributed by atoms with Gasteiger partial charge in [-0.3, -0.25) is 0 Å². The number of hydrogen-bond donors (Lipinski definition) is 2. The Balaban J connectivity index is -0.000000403. The summed E-state index contributed by atoms with van der Waals surface area (Å²) in [5.74, 6) is -1.23. The molecule has 1 atom stereocenters. The van der Waals surface area contributed by atoms with Gasteiger partial charge in [-0.2, -0.15) is 0 Å². The molecule has 0 saturated carbocycles. The molecule has 0 amide bonds. The fraction of sp³-hybridized carbons (Fsp3) is 0.125. The van der Waals surface area contributed by atoms with Gasteiger partial charge in [0.15, 0.2) is 6.10 Å². The van der Waals surface area contributed by atoms with Crippen molar-refractivity contribution in [3.8, 4) is 0 Å². The van der Waals surface area contributed by atoms with Gasteiger partial charge < -0.3 is 13.1 Å². The Kier molecular flexibility index (Phi) is 5.50. The van der Waals surface area contributed by atoms with Crippen LogP contribution in [0.5, 0.6) is 0 Å². The molecular weight excluding hydrogens is 184 g/mol. The summed E-state index contributed by atoms with van der Waals surface area (Å²) in [4.78, 5) is 10.2. The Bertz CT molecular complexity index is 256. The summed E-state index contributed by atoms with van der Waals surface area (Å²) in [6, 6.07) is 8.26. The van der Waals surface area contributed by atoms with Crippen molar-refractivity contribution >= 4 is 43.7 Å².